The van der Waals surface area contributed by atoms with Crippen LogP contribution in [0.25, 0.3) is 11.0 Å². The Balaban J connectivity index is 1.74. The number of hydrogen-bond donors (Lipinski definition) is 1. The van der Waals surface area contributed by atoms with Gasteiger partial charge in [0.25, 0.3) is 0 Å². The van der Waals surface area contributed by atoms with Crippen LogP contribution in [0.2, 0.25) is 0 Å². The molecule has 1 aliphatic carbocycles. The summed E-state index contributed by atoms with van der Waals surface area (Å²) in [6.07, 6.45) is 2.25. The van der Waals surface area contributed by atoms with Crippen molar-refractivity contribution in [2.24, 2.45) is 10.8 Å². The first-order valence-corrected chi connectivity index (χ1v) is 8.39. The molecule has 2 bridgehead atoms. The lowest BCUT2D eigenvalue weighted by atomic mass is 9.71. The van der Waals surface area contributed by atoms with E-state index in [2.05, 4.69) is 25.7 Å². The van der Waals surface area contributed by atoms with Gasteiger partial charge in [-0.3, -0.25) is 4.90 Å². The Morgan fingerprint density at radius 3 is 2.86 bits per heavy atom. The van der Waals surface area contributed by atoms with Gasteiger partial charge in [-0.15, -0.1) is 0 Å². The summed E-state index contributed by atoms with van der Waals surface area (Å²) >= 11 is 0. The molecule has 1 aromatic carbocycles. The first-order valence-electron chi connectivity index (χ1n) is 8.39. The number of piperidine rings is 1. The minimum Gasteiger partial charge on any atom is -0.508 e. The molecule has 0 radical (unpaired) electrons. The number of rotatable bonds is 0. The first-order chi connectivity index (χ1) is 10.4. The van der Waals surface area contributed by atoms with Gasteiger partial charge in [0.1, 0.15) is 17.1 Å². The topological polar surface area (TPSA) is 36.6 Å². The largest absolute Gasteiger partial charge is 0.508 e. The number of hydrogen-bond acceptors (Lipinski definition) is 3. The molecule has 3 aliphatic rings. The molecule has 3 heteroatoms. The fourth-order valence-electron chi connectivity index (χ4n) is 5.67. The number of furan rings is 1. The zero-order valence-electron chi connectivity index (χ0n) is 13.5. The Kier molecular flexibility index (Phi) is 2.19. The zero-order chi connectivity index (χ0) is 15.3. The van der Waals surface area contributed by atoms with Gasteiger partial charge in [-0.2, -0.15) is 0 Å². The van der Waals surface area contributed by atoms with Crippen LogP contribution in [0.3, 0.4) is 0 Å². The molecule has 2 aliphatic heterocycles. The van der Waals surface area contributed by atoms with E-state index in [0.717, 1.165) is 23.9 Å². The van der Waals surface area contributed by atoms with Crippen molar-refractivity contribution in [3.63, 3.8) is 0 Å². The third-order valence-corrected chi connectivity index (χ3v) is 7.08. The van der Waals surface area contributed by atoms with Crippen molar-refractivity contribution in [1.82, 2.24) is 4.90 Å². The van der Waals surface area contributed by atoms with E-state index < -0.39 is 0 Å². The summed E-state index contributed by atoms with van der Waals surface area (Å²) in [4.78, 5) is 2.69. The Morgan fingerprint density at radius 1 is 1.27 bits per heavy atom. The van der Waals surface area contributed by atoms with Crippen molar-refractivity contribution in [3.05, 3.63) is 29.5 Å². The molecule has 2 fully saturated rings. The monoisotopic (exact) mass is 297 g/mol. The highest BCUT2D eigenvalue weighted by molar-refractivity contribution is 5.84. The molecule has 2 aromatic rings. The maximum absolute atomic E-state index is 9.84. The molecule has 3 heterocycles. The lowest BCUT2D eigenvalue weighted by Crippen LogP contribution is -2.39. The summed E-state index contributed by atoms with van der Waals surface area (Å²) in [5.41, 5.74) is 2.98. The third-order valence-electron chi connectivity index (χ3n) is 7.08. The Morgan fingerprint density at radius 2 is 2.09 bits per heavy atom. The van der Waals surface area contributed by atoms with Crippen molar-refractivity contribution >= 4 is 11.0 Å². The number of nitrogens with zero attached hydrogens (tertiary/aromatic N) is 1. The molecule has 1 N–H and O–H groups in total. The maximum atomic E-state index is 9.84. The molecule has 0 amide bonds. The molecule has 116 valence electrons. The molecule has 0 spiro atoms. The van der Waals surface area contributed by atoms with Gasteiger partial charge in [0.05, 0.1) is 0 Å². The van der Waals surface area contributed by atoms with E-state index in [4.69, 9.17) is 4.42 Å². The second-order valence-electron chi connectivity index (χ2n) is 8.38. The van der Waals surface area contributed by atoms with Crippen LogP contribution >= 0.6 is 0 Å². The number of fused-ring (bicyclic) bond motifs is 5. The summed E-state index contributed by atoms with van der Waals surface area (Å²) in [7, 11) is 0. The zero-order valence-corrected chi connectivity index (χ0v) is 13.5. The number of benzene rings is 1. The van der Waals surface area contributed by atoms with Gasteiger partial charge in [-0.1, -0.05) is 20.8 Å². The predicted molar refractivity (Wildman–Crippen MR) is 86.2 cm³/mol. The van der Waals surface area contributed by atoms with Gasteiger partial charge in [0, 0.05) is 36.0 Å². The van der Waals surface area contributed by atoms with Gasteiger partial charge in [0.2, 0.25) is 0 Å². The SMILES string of the molecule is CC12CC3c4oc5ccc(O)cc5c4CCN(C1)C3C2(C)C. The van der Waals surface area contributed by atoms with Crippen LogP contribution in [0.5, 0.6) is 5.75 Å². The van der Waals surface area contributed by atoms with E-state index in [1.807, 2.05) is 12.1 Å². The van der Waals surface area contributed by atoms with Gasteiger partial charge >= 0.3 is 0 Å². The van der Waals surface area contributed by atoms with Crippen LogP contribution in [-0.4, -0.2) is 29.1 Å². The van der Waals surface area contributed by atoms with Crippen LogP contribution in [0.4, 0.5) is 0 Å². The summed E-state index contributed by atoms with van der Waals surface area (Å²) in [5, 5.41) is 11.0. The fraction of sp³-hybridized carbons (Fsp3) is 0.579. The van der Waals surface area contributed by atoms with Crippen molar-refractivity contribution < 1.29 is 9.52 Å². The van der Waals surface area contributed by atoms with Crippen molar-refractivity contribution in [1.29, 1.82) is 0 Å². The van der Waals surface area contributed by atoms with Crippen molar-refractivity contribution in [3.8, 4) is 5.75 Å². The van der Waals surface area contributed by atoms with E-state index in [0.29, 0.717) is 28.5 Å². The average molecular weight is 297 g/mol. The van der Waals surface area contributed by atoms with Crippen molar-refractivity contribution in [2.75, 3.05) is 13.1 Å². The highest BCUT2D eigenvalue weighted by Gasteiger charge is 2.65. The smallest absolute Gasteiger partial charge is 0.134 e. The molecular formula is C19H23NO2. The van der Waals surface area contributed by atoms with Crippen LogP contribution < -0.4 is 0 Å². The summed E-state index contributed by atoms with van der Waals surface area (Å²) in [6.45, 7) is 9.67. The number of phenolic OH excluding ortho intramolecular Hbond substituents is 1. The average Bonchev–Trinajstić information content (AvgIpc) is 2.93. The van der Waals surface area contributed by atoms with Crippen LogP contribution in [0.15, 0.2) is 22.6 Å². The lowest BCUT2D eigenvalue weighted by molar-refractivity contribution is 0.162. The minimum atomic E-state index is 0.334. The third kappa shape index (κ3) is 1.32. The van der Waals surface area contributed by atoms with Gasteiger partial charge in [0.15, 0.2) is 0 Å². The molecule has 3 atom stereocenters. The van der Waals surface area contributed by atoms with Crippen molar-refractivity contribution in [2.45, 2.75) is 45.6 Å². The maximum Gasteiger partial charge on any atom is 0.134 e. The predicted octanol–water partition coefficient (Wildman–Crippen LogP) is 3.90. The molecule has 3 unspecified atom stereocenters. The molecule has 1 saturated heterocycles. The highest BCUT2D eigenvalue weighted by atomic mass is 16.3. The quantitative estimate of drug-likeness (QED) is 0.801. The molecular weight excluding hydrogens is 274 g/mol. The minimum absolute atomic E-state index is 0.334. The molecule has 1 saturated carbocycles. The van der Waals surface area contributed by atoms with Gasteiger partial charge < -0.3 is 9.52 Å². The van der Waals surface area contributed by atoms with Gasteiger partial charge in [-0.25, -0.2) is 0 Å². The molecule has 22 heavy (non-hydrogen) atoms. The second-order valence-corrected chi connectivity index (χ2v) is 8.38. The molecule has 1 aromatic heterocycles. The summed E-state index contributed by atoms with van der Waals surface area (Å²) < 4.78 is 6.31. The first kappa shape index (κ1) is 13.0. The molecule has 5 rings (SSSR count). The Bertz CT molecular complexity index is 787. The number of phenols is 1. The summed E-state index contributed by atoms with van der Waals surface area (Å²) in [6, 6.07) is 6.10. The van der Waals surface area contributed by atoms with E-state index in [1.54, 1.807) is 6.07 Å². The standard InChI is InChI=1S/C19H23NO2/c1-18(2)17-14-9-19(18,3)10-20(17)7-6-12-13-8-11(21)4-5-15(13)22-16(12)14/h4-5,8,14,17,21H,6-7,9-10H2,1-3H3. The fourth-order valence-corrected chi connectivity index (χ4v) is 5.67. The van der Waals surface area contributed by atoms with Crippen LogP contribution in [0.1, 0.15) is 44.4 Å². The Hall–Kier alpha value is -1.48. The highest BCUT2D eigenvalue weighted by Crippen LogP contribution is 2.66. The van der Waals surface area contributed by atoms with Crippen LogP contribution in [0, 0.1) is 10.8 Å². The summed E-state index contributed by atoms with van der Waals surface area (Å²) in [5.74, 6) is 2.03. The molecule has 3 nitrogen and oxygen atoms in total. The Labute approximate surface area is 130 Å². The van der Waals surface area contributed by atoms with Crippen LogP contribution in [-0.2, 0) is 6.42 Å². The van der Waals surface area contributed by atoms with E-state index in [1.165, 1.54) is 24.3 Å². The second kappa shape index (κ2) is 3.70. The number of aromatic hydroxyl groups is 1. The normalized spacial score (nSPS) is 35.8. The van der Waals surface area contributed by atoms with E-state index in [-0.39, 0.29) is 0 Å². The van der Waals surface area contributed by atoms with E-state index in [9.17, 15) is 5.11 Å². The lowest BCUT2D eigenvalue weighted by Gasteiger charge is -2.33. The van der Waals surface area contributed by atoms with E-state index >= 15 is 0 Å². The van der Waals surface area contributed by atoms with Gasteiger partial charge in [-0.05, 0) is 41.9 Å².